The minimum Gasteiger partial charge on any atom is -0.497 e. The molecule has 5 aromatic rings. The van der Waals surface area contributed by atoms with Crippen LogP contribution in [-0.4, -0.2) is 22.7 Å². The summed E-state index contributed by atoms with van der Waals surface area (Å²) < 4.78 is 12.9. The molecule has 2 heterocycles. The van der Waals surface area contributed by atoms with Gasteiger partial charge >= 0.3 is 0 Å². The molecule has 7 heteroatoms. The first-order chi connectivity index (χ1) is 17.5. The highest BCUT2D eigenvalue weighted by Crippen LogP contribution is 2.32. The molecule has 0 amide bonds. The zero-order chi connectivity index (χ0) is 25.1. The van der Waals surface area contributed by atoms with Crippen LogP contribution in [0, 0.1) is 0 Å². The third-order valence-corrected chi connectivity index (χ3v) is 6.15. The van der Waals surface area contributed by atoms with Crippen molar-refractivity contribution in [2.75, 3.05) is 7.11 Å². The van der Waals surface area contributed by atoms with Crippen LogP contribution < -0.4 is 4.74 Å². The van der Waals surface area contributed by atoms with Crippen LogP contribution in [-0.2, 0) is 0 Å². The molecule has 0 unspecified atom stereocenters. The van der Waals surface area contributed by atoms with Gasteiger partial charge in [-0.3, -0.25) is 4.79 Å². The van der Waals surface area contributed by atoms with Crippen molar-refractivity contribution in [1.82, 2.24) is 9.78 Å². The van der Waals surface area contributed by atoms with E-state index < -0.39 is 0 Å². The molecule has 36 heavy (non-hydrogen) atoms. The monoisotopic (exact) mass is 514 g/mol. The number of ether oxygens (including phenoxy) is 1. The zero-order valence-corrected chi connectivity index (χ0v) is 20.7. The van der Waals surface area contributed by atoms with Gasteiger partial charge in [-0.15, -0.1) is 0 Å². The van der Waals surface area contributed by atoms with E-state index in [2.05, 4.69) is 0 Å². The van der Waals surface area contributed by atoms with Gasteiger partial charge in [-0.1, -0.05) is 41.4 Å². The van der Waals surface area contributed by atoms with Gasteiger partial charge in [0, 0.05) is 27.9 Å². The molecule has 0 radical (unpaired) electrons. The van der Waals surface area contributed by atoms with Gasteiger partial charge in [0.05, 0.1) is 23.5 Å². The van der Waals surface area contributed by atoms with Crippen molar-refractivity contribution in [2.24, 2.45) is 0 Å². The van der Waals surface area contributed by atoms with Gasteiger partial charge in [-0.25, -0.2) is 4.68 Å². The predicted molar refractivity (Wildman–Crippen MR) is 143 cm³/mol. The summed E-state index contributed by atoms with van der Waals surface area (Å²) in [6.45, 7) is 0. The molecule has 0 spiro atoms. The third-order valence-electron chi connectivity index (χ3n) is 5.58. The normalized spacial score (nSPS) is 11.2. The first-order valence-electron chi connectivity index (χ1n) is 11.1. The van der Waals surface area contributed by atoms with E-state index in [1.54, 1.807) is 48.2 Å². The second-order valence-electron chi connectivity index (χ2n) is 7.93. The molecule has 0 N–H and O–H groups in total. The van der Waals surface area contributed by atoms with Gasteiger partial charge in [0.25, 0.3) is 0 Å². The third kappa shape index (κ3) is 4.98. The number of carbonyl (C=O) groups excluding carboxylic acids is 1. The Morgan fingerprint density at radius 2 is 1.75 bits per heavy atom. The number of ketones is 1. The molecule has 5 rings (SSSR count). The number of hydrogen-bond donors (Lipinski definition) is 0. The highest BCUT2D eigenvalue weighted by atomic mass is 35.5. The van der Waals surface area contributed by atoms with E-state index in [1.807, 2.05) is 60.8 Å². The first kappa shape index (κ1) is 23.7. The van der Waals surface area contributed by atoms with Crippen LogP contribution >= 0.6 is 23.2 Å². The van der Waals surface area contributed by atoms with Crippen molar-refractivity contribution < 1.29 is 13.9 Å². The van der Waals surface area contributed by atoms with Crippen LogP contribution in [0.25, 0.3) is 34.3 Å². The maximum atomic E-state index is 12.9. The Morgan fingerprint density at radius 1 is 0.972 bits per heavy atom. The Kier molecular flexibility index (Phi) is 6.76. The minimum absolute atomic E-state index is 0.193. The molecule has 0 fully saturated rings. The Labute approximate surface area is 218 Å². The quantitative estimate of drug-likeness (QED) is 0.163. The molecule has 0 atom stereocenters. The molecule has 0 aliphatic heterocycles. The van der Waals surface area contributed by atoms with E-state index in [9.17, 15) is 4.79 Å². The fourth-order valence-electron chi connectivity index (χ4n) is 3.74. The maximum Gasteiger partial charge on any atom is 0.221 e. The van der Waals surface area contributed by atoms with Crippen LogP contribution in [0.3, 0.4) is 0 Å². The van der Waals surface area contributed by atoms with Gasteiger partial charge in [-0.05, 0) is 78.9 Å². The largest absolute Gasteiger partial charge is 0.497 e. The number of rotatable bonds is 7. The smallest absolute Gasteiger partial charge is 0.221 e. The number of benzene rings is 3. The molecule has 0 saturated heterocycles. The summed E-state index contributed by atoms with van der Waals surface area (Å²) in [5.41, 5.74) is 3.94. The SMILES string of the molecule is COc1ccc(-c2nn(-c3ccccc3)cc2/C=C/C(=O)c2ccc(-c3cc(Cl)ccc3Cl)o2)cc1. The number of hydrogen-bond acceptors (Lipinski definition) is 4. The number of allylic oxidation sites excluding steroid dienone is 1. The predicted octanol–water partition coefficient (Wildman–Crippen LogP) is 8.01. The molecule has 0 saturated carbocycles. The van der Waals surface area contributed by atoms with E-state index in [0.29, 0.717) is 21.4 Å². The van der Waals surface area contributed by atoms with Crippen molar-refractivity contribution in [3.05, 3.63) is 119 Å². The van der Waals surface area contributed by atoms with Gasteiger partial charge in [0.15, 0.2) is 5.76 Å². The fourth-order valence-corrected chi connectivity index (χ4v) is 4.13. The second-order valence-corrected chi connectivity index (χ2v) is 8.77. The molecule has 0 aliphatic rings. The Balaban J connectivity index is 1.46. The van der Waals surface area contributed by atoms with Crippen LogP contribution in [0.15, 0.2) is 102 Å². The lowest BCUT2D eigenvalue weighted by atomic mass is 10.1. The van der Waals surface area contributed by atoms with Crippen LogP contribution in [0.4, 0.5) is 0 Å². The molecule has 5 nitrogen and oxygen atoms in total. The number of aromatic nitrogens is 2. The minimum atomic E-state index is -0.285. The van der Waals surface area contributed by atoms with Gasteiger partial charge in [0.1, 0.15) is 11.5 Å². The summed E-state index contributed by atoms with van der Waals surface area (Å²) in [7, 11) is 1.62. The van der Waals surface area contributed by atoms with Gasteiger partial charge in [0.2, 0.25) is 5.78 Å². The Bertz CT molecular complexity index is 1550. The van der Waals surface area contributed by atoms with Crippen molar-refractivity contribution in [3.63, 3.8) is 0 Å². The average Bonchev–Trinajstić information content (AvgIpc) is 3.57. The standard InChI is InChI=1S/C29H20Cl2N2O3/c1-35-23-11-7-19(8-12-23)29-20(18-33(32-29)22-5-3-2-4-6-22)9-14-26(34)28-16-15-27(36-28)24-17-21(30)10-13-25(24)31/h2-18H,1H3/b14-9+. The summed E-state index contributed by atoms with van der Waals surface area (Å²) in [6, 6.07) is 25.8. The van der Waals surface area contributed by atoms with E-state index in [0.717, 1.165) is 28.3 Å². The van der Waals surface area contributed by atoms with Crippen molar-refractivity contribution in [2.45, 2.75) is 0 Å². The number of furan rings is 1. The molecule has 3 aromatic carbocycles. The maximum absolute atomic E-state index is 12.9. The lowest BCUT2D eigenvalue weighted by Crippen LogP contribution is -1.94. The number of carbonyl (C=O) groups is 1. The highest BCUT2D eigenvalue weighted by Gasteiger charge is 2.15. The fraction of sp³-hybridized carbons (Fsp3) is 0.0345. The molecular weight excluding hydrogens is 495 g/mol. The molecule has 0 aliphatic carbocycles. The lowest BCUT2D eigenvalue weighted by Gasteiger charge is -2.02. The van der Waals surface area contributed by atoms with Crippen LogP contribution in [0.1, 0.15) is 16.1 Å². The number of halogens is 2. The van der Waals surface area contributed by atoms with Gasteiger partial charge < -0.3 is 9.15 Å². The van der Waals surface area contributed by atoms with E-state index in [4.69, 9.17) is 37.5 Å². The van der Waals surface area contributed by atoms with Crippen molar-refractivity contribution in [1.29, 1.82) is 0 Å². The van der Waals surface area contributed by atoms with Crippen molar-refractivity contribution in [3.8, 4) is 34.0 Å². The summed E-state index contributed by atoms with van der Waals surface area (Å²) in [5, 5.41) is 5.80. The van der Waals surface area contributed by atoms with E-state index >= 15 is 0 Å². The molecule has 178 valence electrons. The molecule has 0 bridgehead atoms. The molecular formula is C29H20Cl2N2O3. The summed E-state index contributed by atoms with van der Waals surface area (Å²) >= 11 is 12.4. The number of para-hydroxylation sites is 1. The van der Waals surface area contributed by atoms with Gasteiger partial charge in [-0.2, -0.15) is 5.10 Å². The Morgan fingerprint density at radius 3 is 2.50 bits per heavy atom. The first-order valence-corrected chi connectivity index (χ1v) is 11.8. The van der Waals surface area contributed by atoms with Crippen LogP contribution in [0.5, 0.6) is 5.75 Å². The average molecular weight is 515 g/mol. The summed E-state index contributed by atoms with van der Waals surface area (Å²) in [6.07, 6.45) is 5.10. The molecule has 2 aromatic heterocycles. The van der Waals surface area contributed by atoms with E-state index in [1.165, 1.54) is 6.08 Å². The topological polar surface area (TPSA) is 57.3 Å². The second kappa shape index (κ2) is 10.3. The summed E-state index contributed by atoms with van der Waals surface area (Å²) in [4.78, 5) is 12.9. The zero-order valence-electron chi connectivity index (χ0n) is 19.2. The van der Waals surface area contributed by atoms with E-state index in [-0.39, 0.29) is 11.5 Å². The Hall–Kier alpha value is -4.06. The van der Waals surface area contributed by atoms with Crippen LogP contribution in [0.2, 0.25) is 10.0 Å². The highest BCUT2D eigenvalue weighted by molar-refractivity contribution is 6.35. The lowest BCUT2D eigenvalue weighted by molar-refractivity contribution is 0.102. The summed E-state index contributed by atoms with van der Waals surface area (Å²) in [5.74, 6) is 1.13. The van der Waals surface area contributed by atoms with Crippen molar-refractivity contribution >= 4 is 35.1 Å². The number of methoxy groups -OCH3 is 1. The number of nitrogens with zero attached hydrogens (tertiary/aromatic N) is 2.